The van der Waals surface area contributed by atoms with Crippen LogP contribution < -0.4 is 5.32 Å². The van der Waals surface area contributed by atoms with Gasteiger partial charge >= 0.3 is 0 Å². The number of fused-ring (bicyclic) bond motifs is 1. The van der Waals surface area contributed by atoms with Crippen molar-refractivity contribution in [3.8, 4) is 0 Å². The van der Waals surface area contributed by atoms with Gasteiger partial charge in [-0.2, -0.15) is 0 Å². The topological polar surface area (TPSA) is 40.7 Å². The molecule has 1 fully saturated rings. The van der Waals surface area contributed by atoms with E-state index < -0.39 is 0 Å². The van der Waals surface area contributed by atoms with Gasteiger partial charge in [-0.05, 0) is 37.6 Å². The highest BCUT2D eigenvalue weighted by molar-refractivity contribution is 5.74. The fraction of sp³-hybridized carbons (Fsp3) is 0.417. The monoisotopic (exact) mass is 201 g/mol. The van der Waals surface area contributed by atoms with Crippen molar-refractivity contribution in [1.29, 1.82) is 0 Å². The Hall–Kier alpha value is -1.35. The van der Waals surface area contributed by atoms with Crippen molar-refractivity contribution in [2.75, 3.05) is 6.54 Å². The number of piperidine rings is 1. The fourth-order valence-corrected chi connectivity index (χ4v) is 2.25. The van der Waals surface area contributed by atoms with Crippen LogP contribution >= 0.6 is 0 Å². The zero-order chi connectivity index (χ0) is 10.1. The Bertz CT molecular complexity index is 455. The third-order valence-electron chi connectivity index (χ3n) is 3.09. The number of hydrogen-bond acceptors (Lipinski definition) is 2. The summed E-state index contributed by atoms with van der Waals surface area (Å²) in [6, 6.07) is 6.73. The van der Waals surface area contributed by atoms with Crippen LogP contribution in [0.4, 0.5) is 0 Å². The predicted octanol–water partition coefficient (Wildman–Crippen LogP) is 2.38. The molecular formula is C12H15N3. The standard InChI is InChI=1S/C12H15N3/c1-2-7-13-9(3-1)11-5-4-10-12(15-11)6-8-14-10/h4-6,8-9,13-14H,1-3,7H2/t9-/m0/s1. The van der Waals surface area contributed by atoms with Crippen molar-refractivity contribution in [2.24, 2.45) is 0 Å². The highest BCUT2D eigenvalue weighted by atomic mass is 14.9. The highest BCUT2D eigenvalue weighted by Crippen LogP contribution is 2.22. The van der Waals surface area contributed by atoms with E-state index >= 15 is 0 Å². The minimum Gasteiger partial charge on any atom is -0.360 e. The van der Waals surface area contributed by atoms with Crippen molar-refractivity contribution in [3.63, 3.8) is 0 Å². The summed E-state index contributed by atoms with van der Waals surface area (Å²) in [5.74, 6) is 0. The molecule has 0 radical (unpaired) electrons. The predicted molar refractivity (Wildman–Crippen MR) is 60.7 cm³/mol. The van der Waals surface area contributed by atoms with Gasteiger partial charge in [0.25, 0.3) is 0 Å². The van der Waals surface area contributed by atoms with Gasteiger partial charge in [-0.15, -0.1) is 0 Å². The van der Waals surface area contributed by atoms with E-state index in [0.717, 1.165) is 17.6 Å². The lowest BCUT2D eigenvalue weighted by Gasteiger charge is -2.22. The minimum atomic E-state index is 0.457. The van der Waals surface area contributed by atoms with Crippen LogP contribution in [0.5, 0.6) is 0 Å². The van der Waals surface area contributed by atoms with Gasteiger partial charge in [0.1, 0.15) is 0 Å². The lowest BCUT2D eigenvalue weighted by atomic mass is 10.0. The van der Waals surface area contributed by atoms with Gasteiger partial charge in [0.05, 0.1) is 16.7 Å². The molecule has 1 saturated heterocycles. The maximum atomic E-state index is 4.67. The average Bonchev–Trinajstić information content (AvgIpc) is 2.77. The van der Waals surface area contributed by atoms with Crippen LogP contribution in [0.1, 0.15) is 31.0 Å². The van der Waals surface area contributed by atoms with Gasteiger partial charge in [0, 0.05) is 12.2 Å². The second-order valence-electron chi connectivity index (χ2n) is 4.15. The summed E-state index contributed by atoms with van der Waals surface area (Å²) in [5, 5.41) is 3.52. The summed E-state index contributed by atoms with van der Waals surface area (Å²) in [6.07, 6.45) is 5.76. The minimum absolute atomic E-state index is 0.457. The Kier molecular flexibility index (Phi) is 2.18. The maximum Gasteiger partial charge on any atom is 0.0882 e. The molecular weight excluding hydrogens is 186 g/mol. The van der Waals surface area contributed by atoms with Crippen LogP contribution in [0.25, 0.3) is 11.0 Å². The molecule has 2 N–H and O–H groups in total. The molecule has 3 rings (SSSR count). The SMILES string of the molecule is c1cc2nc([C@@H]3CCCCN3)ccc2[nH]1. The second-order valence-corrected chi connectivity index (χ2v) is 4.15. The molecule has 0 amide bonds. The van der Waals surface area contributed by atoms with Gasteiger partial charge in [0.15, 0.2) is 0 Å². The zero-order valence-corrected chi connectivity index (χ0v) is 8.66. The first kappa shape index (κ1) is 8.92. The van der Waals surface area contributed by atoms with Gasteiger partial charge < -0.3 is 10.3 Å². The molecule has 0 unspecified atom stereocenters. The Labute approximate surface area is 88.9 Å². The number of hydrogen-bond donors (Lipinski definition) is 2. The number of nitrogens with one attached hydrogen (secondary N) is 2. The second kappa shape index (κ2) is 3.66. The number of rotatable bonds is 1. The summed E-state index contributed by atoms with van der Waals surface area (Å²) in [7, 11) is 0. The van der Waals surface area contributed by atoms with E-state index in [9.17, 15) is 0 Å². The molecule has 3 heterocycles. The van der Waals surface area contributed by atoms with Crippen LogP contribution in [0.2, 0.25) is 0 Å². The van der Waals surface area contributed by atoms with E-state index in [-0.39, 0.29) is 0 Å². The van der Waals surface area contributed by atoms with Gasteiger partial charge in [-0.1, -0.05) is 6.42 Å². The van der Waals surface area contributed by atoms with E-state index in [1.165, 1.54) is 25.0 Å². The largest absolute Gasteiger partial charge is 0.360 e. The average molecular weight is 201 g/mol. The summed E-state index contributed by atoms with van der Waals surface area (Å²) < 4.78 is 0. The Morgan fingerprint density at radius 3 is 3.07 bits per heavy atom. The maximum absolute atomic E-state index is 4.67. The molecule has 0 saturated carbocycles. The number of aromatic amines is 1. The van der Waals surface area contributed by atoms with Crippen molar-refractivity contribution in [3.05, 3.63) is 30.1 Å². The molecule has 1 aliphatic rings. The van der Waals surface area contributed by atoms with E-state index in [1.807, 2.05) is 12.3 Å². The third-order valence-corrected chi connectivity index (χ3v) is 3.09. The van der Waals surface area contributed by atoms with Crippen molar-refractivity contribution in [1.82, 2.24) is 15.3 Å². The summed E-state index contributed by atoms with van der Waals surface area (Å²) in [6.45, 7) is 1.12. The molecule has 15 heavy (non-hydrogen) atoms. The first-order valence-electron chi connectivity index (χ1n) is 5.61. The van der Waals surface area contributed by atoms with Gasteiger partial charge in [0.2, 0.25) is 0 Å². The van der Waals surface area contributed by atoms with Crippen molar-refractivity contribution in [2.45, 2.75) is 25.3 Å². The zero-order valence-electron chi connectivity index (χ0n) is 8.66. The first-order valence-corrected chi connectivity index (χ1v) is 5.61. The molecule has 0 bridgehead atoms. The van der Waals surface area contributed by atoms with E-state index in [2.05, 4.69) is 27.4 Å². The number of pyridine rings is 1. The number of H-pyrrole nitrogens is 1. The highest BCUT2D eigenvalue weighted by Gasteiger charge is 2.15. The number of aromatic nitrogens is 2. The Morgan fingerprint density at radius 2 is 2.20 bits per heavy atom. The Balaban J connectivity index is 1.95. The molecule has 0 aromatic carbocycles. The molecule has 2 aromatic heterocycles. The summed E-state index contributed by atoms with van der Waals surface area (Å²) >= 11 is 0. The molecule has 1 aliphatic heterocycles. The van der Waals surface area contributed by atoms with Crippen LogP contribution in [0.3, 0.4) is 0 Å². The third kappa shape index (κ3) is 1.63. The lowest BCUT2D eigenvalue weighted by molar-refractivity contribution is 0.406. The van der Waals surface area contributed by atoms with E-state index in [0.29, 0.717) is 6.04 Å². The van der Waals surface area contributed by atoms with Crippen LogP contribution in [-0.2, 0) is 0 Å². The normalized spacial score (nSPS) is 22.0. The van der Waals surface area contributed by atoms with Crippen LogP contribution in [0.15, 0.2) is 24.4 Å². The summed E-state index contributed by atoms with van der Waals surface area (Å²) in [4.78, 5) is 7.83. The molecule has 3 nitrogen and oxygen atoms in total. The fourth-order valence-electron chi connectivity index (χ4n) is 2.25. The van der Waals surface area contributed by atoms with Crippen molar-refractivity contribution >= 4 is 11.0 Å². The first-order chi connectivity index (χ1) is 7.43. The molecule has 0 spiro atoms. The molecule has 78 valence electrons. The van der Waals surface area contributed by atoms with Gasteiger partial charge in [-0.3, -0.25) is 0 Å². The molecule has 2 aromatic rings. The molecule has 0 aliphatic carbocycles. The van der Waals surface area contributed by atoms with E-state index in [4.69, 9.17) is 0 Å². The smallest absolute Gasteiger partial charge is 0.0882 e. The van der Waals surface area contributed by atoms with Crippen LogP contribution in [0, 0.1) is 0 Å². The van der Waals surface area contributed by atoms with Crippen LogP contribution in [-0.4, -0.2) is 16.5 Å². The summed E-state index contributed by atoms with van der Waals surface area (Å²) in [5.41, 5.74) is 3.37. The Morgan fingerprint density at radius 1 is 1.20 bits per heavy atom. The van der Waals surface area contributed by atoms with E-state index in [1.54, 1.807) is 0 Å². The molecule has 3 heteroatoms. The van der Waals surface area contributed by atoms with Gasteiger partial charge in [-0.25, -0.2) is 4.98 Å². The quantitative estimate of drug-likeness (QED) is 0.743. The number of nitrogens with zero attached hydrogens (tertiary/aromatic N) is 1. The lowest BCUT2D eigenvalue weighted by Crippen LogP contribution is -2.27. The molecule has 1 atom stereocenters. The van der Waals surface area contributed by atoms with Crippen molar-refractivity contribution < 1.29 is 0 Å².